The summed E-state index contributed by atoms with van der Waals surface area (Å²) < 4.78 is 0. The van der Waals surface area contributed by atoms with Crippen LogP contribution in [0.4, 0.5) is 0 Å². The van der Waals surface area contributed by atoms with Gasteiger partial charge in [-0.3, -0.25) is 4.90 Å². The van der Waals surface area contributed by atoms with Crippen LogP contribution >= 0.6 is 11.6 Å². The van der Waals surface area contributed by atoms with Gasteiger partial charge in [0, 0.05) is 18.5 Å². The van der Waals surface area contributed by atoms with Crippen molar-refractivity contribution in [3.63, 3.8) is 0 Å². The standard InChI is InChI=1S/C10H18ClN/c1-2-3-7-12-8-5-4-6-10(12)9-11/h2-3,10H,4-9H2,1H3/b3-2+. The Balaban J connectivity index is 2.36. The Morgan fingerprint density at radius 3 is 3.00 bits per heavy atom. The van der Waals surface area contributed by atoms with Gasteiger partial charge in [-0.05, 0) is 26.3 Å². The van der Waals surface area contributed by atoms with Crippen LogP contribution in [0.15, 0.2) is 12.2 Å². The molecule has 1 nitrogen and oxygen atoms in total. The highest BCUT2D eigenvalue weighted by molar-refractivity contribution is 6.18. The predicted octanol–water partition coefficient (Wildman–Crippen LogP) is 2.66. The van der Waals surface area contributed by atoms with E-state index in [1.54, 1.807) is 0 Å². The minimum Gasteiger partial charge on any atom is -0.296 e. The average molecular weight is 188 g/mol. The van der Waals surface area contributed by atoms with E-state index in [-0.39, 0.29) is 0 Å². The molecule has 0 N–H and O–H groups in total. The molecule has 1 saturated heterocycles. The lowest BCUT2D eigenvalue weighted by Crippen LogP contribution is -2.40. The largest absolute Gasteiger partial charge is 0.296 e. The zero-order chi connectivity index (χ0) is 8.81. The van der Waals surface area contributed by atoms with Crippen LogP contribution in [-0.2, 0) is 0 Å². The first kappa shape index (κ1) is 10.1. The molecule has 0 amide bonds. The molecule has 0 radical (unpaired) electrons. The normalized spacial score (nSPS) is 26.7. The second-order valence-electron chi connectivity index (χ2n) is 3.37. The first-order chi connectivity index (χ1) is 5.88. The maximum Gasteiger partial charge on any atom is 0.0379 e. The average Bonchev–Trinajstić information content (AvgIpc) is 2.15. The van der Waals surface area contributed by atoms with E-state index < -0.39 is 0 Å². The van der Waals surface area contributed by atoms with Crippen molar-refractivity contribution < 1.29 is 0 Å². The van der Waals surface area contributed by atoms with Gasteiger partial charge in [-0.15, -0.1) is 11.6 Å². The van der Waals surface area contributed by atoms with E-state index >= 15 is 0 Å². The van der Waals surface area contributed by atoms with Crippen molar-refractivity contribution in [3.8, 4) is 0 Å². The Hall–Kier alpha value is -0.0100. The first-order valence-electron chi connectivity index (χ1n) is 4.79. The number of hydrogen-bond donors (Lipinski definition) is 0. The third kappa shape index (κ3) is 2.80. The molecule has 1 aliphatic rings. The molecule has 0 aromatic rings. The van der Waals surface area contributed by atoms with Crippen molar-refractivity contribution in [2.45, 2.75) is 32.2 Å². The van der Waals surface area contributed by atoms with Crippen molar-refractivity contribution in [2.24, 2.45) is 0 Å². The molecule has 0 spiro atoms. The molecule has 0 aromatic heterocycles. The first-order valence-corrected chi connectivity index (χ1v) is 5.33. The van der Waals surface area contributed by atoms with Gasteiger partial charge in [0.05, 0.1) is 0 Å². The molecule has 1 unspecified atom stereocenters. The van der Waals surface area contributed by atoms with E-state index in [4.69, 9.17) is 11.6 Å². The molecule has 70 valence electrons. The molecule has 2 heteroatoms. The minimum absolute atomic E-state index is 0.622. The summed E-state index contributed by atoms with van der Waals surface area (Å²) in [6.45, 7) is 4.37. The summed E-state index contributed by atoms with van der Waals surface area (Å²) in [5, 5.41) is 0. The number of allylic oxidation sites excluding steroid dienone is 1. The van der Waals surface area contributed by atoms with Gasteiger partial charge in [-0.1, -0.05) is 18.6 Å². The SMILES string of the molecule is C/C=C/CN1CCCCC1CCl. The molecule has 1 heterocycles. The predicted molar refractivity (Wildman–Crippen MR) is 54.7 cm³/mol. The highest BCUT2D eigenvalue weighted by atomic mass is 35.5. The number of piperidine rings is 1. The second kappa shape index (κ2) is 5.60. The smallest absolute Gasteiger partial charge is 0.0379 e. The lowest BCUT2D eigenvalue weighted by atomic mass is 10.0. The van der Waals surface area contributed by atoms with Crippen molar-refractivity contribution in [1.82, 2.24) is 4.90 Å². The molecule has 0 aliphatic carbocycles. The van der Waals surface area contributed by atoms with Crippen LogP contribution in [0.25, 0.3) is 0 Å². The maximum atomic E-state index is 5.89. The van der Waals surface area contributed by atoms with Crippen molar-refractivity contribution in [1.29, 1.82) is 0 Å². The van der Waals surface area contributed by atoms with Crippen LogP contribution < -0.4 is 0 Å². The van der Waals surface area contributed by atoms with Crippen LogP contribution in [0.3, 0.4) is 0 Å². The van der Waals surface area contributed by atoms with Gasteiger partial charge in [0.15, 0.2) is 0 Å². The molecule has 12 heavy (non-hydrogen) atoms. The Bertz CT molecular complexity index is 145. The van der Waals surface area contributed by atoms with E-state index in [2.05, 4.69) is 24.0 Å². The molecule has 1 aliphatic heterocycles. The summed E-state index contributed by atoms with van der Waals surface area (Å²) in [6, 6.07) is 0.622. The van der Waals surface area contributed by atoms with Crippen LogP contribution in [-0.4, -0.2) is 29.9 Å². The summed E-state index contributed by atoms with van der Waals surface area (Å²) in [7, 11) is 0. The topological polar surface area (TPSA) is 3.24 Å². The number of hydrogen-bond acceptors (Lipinski definition) is 1. The highest BCUT2D eigenvalue weighted by Crippen LogP contribution is 2.17. The molecule has 1 atom stereocenters. The van der Waals surface area contributed by atoms with Crippen LogP contribution in [0.2, 0.25) is 0 Å². The van der Waals surface area contributed by atoms with Crippen LogP contribution in [0.1, 0.15) is 26.2 Å². The second-order valence-corrected chi connectivity index (χ2v) is 3.68. The molecule has 0 bridgehead atoms. The van der Waals surface area contributed by atoms with Gasteiger partial charge in [0.2, 0.25) is 0 Å². The fraction of sp³-hybridized carbons (Fsp3) is 0.800. The number of likely N-dealkylation sites (tertiary alicyclic amines) is 1. The summed E-state index contributed by atoms with van der Waals surface area (Å²) in [4.78, 5) is 2.48. The molecular weight excluding hydrogens is 170 g/mol. The Kier molecular flexibility index (Phi) is 4.70. The quantitative estimate of drug-likeness (QED) is 0.485. The highest BCUT2D eigenvalue weighted by Gasteiger charge is 2.19. The van der Waals surface area contributed by atoms with E-state index in [1.165, 1.54) is 25.8 Å². The van der Waals surface area contributed by atoms with Crippen molar-refractivity contribution in [2.75, 3.05) is 19.0 Å². The Morgan fingerprint density at radius 2 is 2.33 bits per heavy atom. The van der Waals surface area contributed by atoms with Gasteiger partial charge in [0.25, 0.3) is 0 Å². The number of nitrogens with zero attached hydrogens (tertiary/aromatic N) is 1. The zero-order valence-corrected chi connectivity index (χ0v) is 8.56. The molecule has 0 saturated carbocycles. The van der Waals surface area contributed by atoms with Gasteiger partial charge in [-0.25, -0.2) is 0 Å². The van der Waals surface area contributed by atoms with E-state index in [0.717, 1.165) is 12.4 Å². The Morgan fingerprint density at radius 1 is 1.50 bits per heavy atom. The van der Waals surface area contributed by atoms with Crippen LogP contribution in [0, 0.1) is 0 Å². The van der Waals surface area contributed by atoms with Gasteiger partial charge in [0.1, 0.15) is 0 Å². The Labute approximate surface area is 80.4 Å². The third-order valence-corrected chi connectivity index (χ3v) is 2.86. The lowest BCUT2D eigenvalue weighted by Gasteiger charge is -2.33. The van der Waals surface area contributed by atoms with Gasteiger partial charge < -0.3 is 0 Å². The molecule has 1 rings (SSSR count). The monoisotopic (exact) mass is 187 g/mol. The van der Waals surface area contributed by atoms with Gasteiger partial charge in [-0.2, -0.15) is 0 Å². The lowest BCUT2D eigenvalue weighted by molar-refractivity contribution is 0.181. The van der Waals surface area contributed by atoms with E-state index in [0.29, 0.717) is 6.04 Å². The third-order valence-electron chi connectivity index (χ3n) is 2.50. The fourth-order valence-electron chi connectivity index (χ4n) is 1.72. The van der Waals surface area contributed by atoms with Crippen LogP contribution in [0.5, 0.6) is 0 Å². The summed E-state index contributed by atoms with van der Waals surface area (Å²) in [5.41, 5.74) is 0. The minimum atomic E-state index is 0.622. The van der Waals surface area contributed by atoms with Gasteiger partial charge >= 0.3 is 0 Å². The van der Waals surface area contributed by atoms with Crippen molar-refractivity contribution in [3.05, 3.63) is 12.2 Å². The molecule has 1 fully saturated rings. The maximum absolute atomic E-state index is 5.89. The molecule has 0 aromatic carbocycles. The fourth-order valence-corrected chi connectivity index (χ4v) is 2.07. The van der Waals surface area contributed by atoms with E-state index in [1.807, 2.05) is 0 Å². The van der Waals surface area contributed by atoms with Crippen molar-refractivity contribution >= 4 is 11.6 Å². The summed E-state index contributed by atoms with van der Waals surface area (Å²) in [5.74, 6) is 0.789. The summed E-state index contributed by atoms with van der Waals surface area (Å²) in [6.07, 6.45) is 8.29. The van der Waals surface area contributed by atoms with E-state index in [9.17, 15) is 0 Å². The zero-order valence-electron chi connectivity index (χ0n) is 7.80. The number of alkyl halides is 1. The number of halogens is 1. The summed E-state index contributed by atoms with van der Waals surface area (Å²) >= 11 is 5.89. The number of rotatable bonds is 3. The molecular formula is C10H18ClN.